The molecule has 4 aromatic rings. The topological polar surface area (TPSA) is 103 Å². The largest absolute Gasteiger partial charge is 0.365 e. The van der Waals surface area contributed by atoms with Gasteiger partial charge in [0.1, 0.15) is 11.3 Å². The number of aromatic nitrogens is 3. The zero-order chi connectivity index (χ0) is 26.5. The van der Waals surface area contributed by atoms with Crippen molar-refractivity contribution in [3.05, 3.63) is 71.3 Å². The smallest absolute Gasteiger partial charge is 0.268 e. The number of fused-ring (bicyclic) bond motifs is 1. The Morgan fingerprint density at radius 1 is 1.05 bits per heavy atom. The van der Waals surface area contributed by atoms with Gasteiger partial charge < -0.3 is 11.1 Å². The summed E-state index contributed by atoms with van der Waals surface area (Å²) in [6.07, 6.45) is 4.36. The van der Waals surface area contributed by atoms with Crippen LogP contribution in [0, 0.1) is 31.3 Å². The van der Waals surface area contributed by atoms with Crippen LogP contribution in [0.1, 0.15) is 36.9 Å². The Labute approximate surface area is 212 Å². The van der Waals surface area contributed by atoms with Gasteiger partial charge in [0.05, 0.1) is 10.6 Å². The van der Waals surface area contributed by atoms with E-state index < -0.39 is 27.5 Å². The highest BCUT2D eigenvalue weighted by Crippen LogP contribution is 2.35. The normalized spacial score (nSPS) is 18.3. The fourth-order valence-corrected chi connectivity index (χ4v) is 6.14. The zero-order valence-corrected chi connectivity index (χ0v) is 21.1. The van der Waals surface area contributed by atoms with Crippen molar-refractivity contribution in [1.82, 2.24) is 13.9 Å². The van der Waals surface area contributed by atoms with Crippen molar-refractivity contribution in [2.24, 2.45) is 5.73 Å². The third-order valence-electron chi connectivity index (χ3n) is 6.68. The van der Waals surface area contributed by atoms with Gasteiger partial charge in [0.25, 0.3) is 10.0 Å². The predicted octanol–water partition coefficient (Wildman–Crippen LogP) is 5.05. The molecule has 5 rings (SSSR count). The van der Waals surface area contributed by atoms with E-state index in [2.05, 4.69) is 15.3 Å². The number of rotatable bonds is 5. The van der Waals surface area contributed by atoms with Gasteiger partial charge in [-0.25, -0.2) is 35.5 Å². The first-order valence-electron chi connectivity index (χ1n) is 11.9. The third kappa shape index (κ3) is 4.69. The Kier molecular flexibility index (Phi) is 6.45. The molecular weight excluding hydrogens is 503 g/mol. The van der Waals surface area contributed by atoms with Gasteiger partial charge in [0.2, 0.25) is 0 Å². The minimum atomic E-state index is -4.27. The maximum atomic E-state index is 15.1. The lowest BCUT2D eigenvalue weighted by atomic mass is 9.91. The molecule has 1 aliphatic carbocycles. The van der Waals surface area contributed by atoms with E-state index in [0.29, 0.717) is 12.5 Å². The summed E-state index contributed by atoms with van der Waals surface area (Å²) in [5.74, 6) is -2.75. The second kappa shape index (κ2) is 9.46. The van der Waals surface area contributed by atoms with Crippen molar-refractivity contribution < 1.29 is 21.6 Å². The fourth-order valence-electron chi connectivity index (χ4n) is 4.77. The van der Waals surface area contributed by atoms with E-state index >= 15 is 8.78 Å². The average molecular weight is 530 g/mol. The van der Waals surface area contributed by atoms with E-state index in [4.69, 9.17) is 5.73 Å². The van der Waals surface area contributed by atoms with Crippen LogP contribution in [-0.2, 0) is 10.0 Å². The SMILES string of the molecule is Cc1ccc(S(=O)(=O)n2cc(-c3nc(C)c(F)c(N[C@H]4CCC[C@@H](N)C4)n3)c3cc(F)cc(F)c32)cc1. The predicted molar refractivity (Wildman–Crippen MR) is 135 cm³/mol. The molecule has 2 heterocycles. The van der Waals surface area contributed by atoms with E-state index in [9.17, 15) is 12.8 Å². The first kappa shape index (κ1) is 25.2. The molecule has 0 saturated heterocycles. The number of anilines is 1. The molecule has 194 valence electrons. The number of aryl methyl sites for hydroxylation is 2. The monoisotopic (exact) mass is 529 g/mol. The highest BCUT2D eigenvalue weighted by Gasteiger charge is 2.27. The van der Waals surface area contributed by atoms with Crippen LogP contribution in [0.3, 0.4) is 0 Å². The molecule has 0 radical (unpaired) electrons. The standard InChI is InChI=1S/C26H26F3N5O2S/c1-14-6-8-19(9-7-14)37(35,36)34-13-21(20-10-16(27)11-22(28)24(20)34)25-31-15(2)23(29)26(33-25)32-18-5-3-4-17(30)12-18/h6-11,13,17-18H,3-5,12,30H2,1-2H3,(H,31,32,33)/t17-,18+/m1/s1. The third-order valence-corrected chi connectivity index (χ3v) is 8.35. The number of hydrogen-bond donors (Lipinski definition) is 2. The second-order valence-corrected chi connectivity index (χ2v) is 11.3. The summed E-state index contributed by atoms with van der Waals surface area (Å²) in [4.78, 5) is 8.45. The van der Waals surface area contributed by atoms with Crippen molar-refractivity contribution in [2.75, 3.05) is 5.32 Å². The summed E-state index contributed by atoms with van der Waals surface area (Å²) in [5.41, 5.74) is 6.61. The molecule has 0 spiro atoms. The van der Waals surface area contributed by atoms with Gasteiger partial charge in [-0.05, 0) is 57.7 Å². The molecule has 2 aromatic heterocycles. The van der Waals surface area contributed by atoms with Crippen LogP contribution in [0.15, 0.2) is 47.5 Å². The van der Waals surface area contributed by atoms with Crippen LogP contribution in [0.5, 0.6) is 0 Å². The zero-order valence-electron chi connectivity index (χ0n) is 20.3. The lowest BCUT2D eigenvalue weighted by Gasteiger charge is -2.28. The molecule has 0 bridgehead atoms. The summed E-state index contributed by atoms with van der Waals surface area (Å²) in [6, 6.07) is 7.59. The molecule has 1 fully saturated rings. The molecule has 7 nitrogen and oxygen atoms in total. The number of nitrogens with zero attached hydrogens (tertiary/aromatic N) is 3. The molecule has 0 aliphatic heterocycles. The summed E-state index contributed by atoms with van der Waals surface area (Å²) >= 11 is 0. The Morgan fingerprint density at radius 3 is 2.49 bits per heavy atom. The van der Waals surface area contributed by atoms with Crippen molar-refractivity contribution >= 4 is 26.7 Å². The van der Waals surface area contributed by atoms with E-state index in [-0.39, 0.29) is 50.8 Å². The molecular formula is C26H26F3N5O2S. The van der Waals surface area contributed by atoms with Crippen LogP contribution in [0.25, 0.3) is 22.3 Å². The second-order valence-electron chi connectivity index (χ2n) is 9.50. The van der Waals surface area contributed by atoms with Crippen LogP contribution in [0.2, 0.25) is 0 Å². The van der Waals surface area contributed by atoms with Crippen molar-refractivity contribution in [3.63, 3.8) is 0 Å². The number of benzene rings is 2. The average Bonchev–Trinajstić information content (AvgIpc) is 3.23. The minimum Gasteiger partial charge on any atom is -0.365 e. The van der Waals surface area contributed by atoms with Gasteiger partial charge in [-0.3, -0.25) is 0 Å². The first-order chi connectivity index (χ1) is 17.5. The lowest BCUT2D eigenvalue weighted by molar-refractivity contribution is 0.407. The quantitative estimate of drug-likeness (QED) is 0.375. The Bertz CT molecular complexity index is 1600. The van der Waals surface area contributed by atoms with Crippen molar-refractivity contribution in [2.45, 2.75) is 56.5 Å². The molecule has 0 unspecified atom stereocenters. The number of hydrogen-bond acceptors (Lipinski definition) is 6. The maximum absolute atomic E-state index is 15.1. The van der Waals surface area contributed by atoms with Crippen molar-refractivity contribution in [1.29, 1.82) is 0 Å². The number of halogens is 3. The van der Waals surface area contributed by atoms with Crippen LogP contribution < -0.4 is 11.1 Å². The van der Waals surface area contributed by atoms with Gasteiger partial charge in [-0.2, -0.15) is 0 Å². The molecule has 2 aromatic carbocycles. The van der Waals surface area contributed by atoms with Gasteiger partial charge in [-0.15, -0.1) is 0 Å². The van der Waals surface area contributed by atoms with Crippen LogP contribution >= 0.6 is 0 Å². The number of nitrogens with one attached hydrogen (secondary N) is 1. The highest BCUT2D eigenvalue weighted by molar-refractivity contribution is 7.90. The first-order valence-corrected chi connectivity index (χ1v) is 13.4. The highest BCUT2D eigenvalue weighted by atomic mass is 32.2. The summed E-state index contributed by atoms with van der Waals surface area (Å²) in [7, 11) is -4.27. The molecule has 1 saturated carbocycles. The van der Waals surface area contributed by atoms with E-state index in [0.717, 1.165) is 41.1 Å². The molecule has 0 amide bonds. The Balaban J connectivity index is 1.68. The van der Waals surface area contributed by atoms with Gasteiger partial charge in [0, 0.05) is 35.3 Å². The molecule has 37 heavy (non-hydrogen) atoms. The summed E-state index contributed by atoms with van der Waals surface area (Å²) in [6.45, 7) is 3.25. The van der Waals surface area contributed by atoms with Crippen LogP contribution in [-0.4, -0.2) is 34.4 Å². The number of nitrogens with two attached hydrogens (primary N) is 1. The fraction of sp³-hybridized carbons (Fsp3) is 0.308. The molecule has 1 aliphatic rings. The van der Waals surface area contributed by atoms with Crippen molar-refractivity contribution in [3.8, 4) is 11.4 Å². The summed E-state index contributed by atoms with van der Waals surface area (Å²) < 4.78 is 72.1. The van der Waals surface area contributed by atoms with E-state index in [1.54, 1.807) is 12.1 Å². The summed E-state index contributed by atoms with van der Waals surface area (Å²) in [5, 5.41) is 3.04. The Morgan fingerprint density at radius 2 is 1.78 bits per heavy atom. The van der Waals surface area contributed by atoms with Gasteiger partial charge in [0.15, 0.2) is 23.3 Å². The maximum Gasteiger partial charge on any atom is 0.268 e. The van der Waals surface area contributed by atoms with Gasteiger partial charge in [-0.1, -0.05) is 17.7 Å². The van der Waals surface area contributed by atoms with Gasteiger partial charge >= 0.3 is 0 Å². The lowest BCUT2D eigenvalue weighted by Crippen LogP contribution is -2.35. The molecule has 3 N–H and O–H groups in total. The Hall–Kier alpha value is -3.44. The molecule has 2 atom stereocenters. The van der Waals surface area contributed by atoms with Crippen LogP contribution in [0.4, 0.5) is 19.0 Å². The minimum absolute atomic E-state index is 0.00627. The van der Waals surface area contributed by atoms with E-state index in [1.165, 1.54) is 19.1 Å². The molecule has 11 heteroatoms. The van der Waals surface area contributed by atoms with E-state index in [1.807, 2.05) is 6.92 Å².